The van der Waals surface area contributed by atoms with E-state index in [2.05, 4.69) is 26.2 Å². The average Bonchev–Trinajstić information content (AvgIpc) is 2.37. The van der Waals surface area contributed by atoms with Crippen molar-refractivity contribution < 1.29 is 13.5 Å². The number of nitrogens with one attached hydrogen (secondary N) is 1. The van der Waals surface area contributed by atoms with Crippen molar-refractivity contribution in [3.05, 3.63) is 52.1 Å². The zero-order valence-corrected chi connectivity index (χ0v) is 11.7. The molecule has 19 heavy (non-hydrogen) atoms. The van der Waals surface area contributed by atoms with Crippen LogP contribution in [0, 0.1) is 11.6 Å². The van der Waals surface area contributed by atoms with Gasteiger partial charge < -0.3 is 10.1 Å². The van der Waals surface area contributed by atoms with Crippen molar-refractivity contribution in [2.75, 3.05) is 7.05 Å². The first kappa shape index (κ1) is 13.9. The Morgan fingerprint density at radius 3 is 2.79 bits per heavy atom. The number of nitrogens with zero attached hydrogens (tertiary/aromatic N) is 1. The molecule has 100 valence electrons. The lowest BCUT2D eigenvalue weighted by Crippen LogP contribution is -2.07. The summed E-state index contributed by atoms with van der Waals surface area (Å²) in [5.41, 5.74) is 0.561. The number of benzene rings is 1. The van der Waals surface area contributed by atoms with Crippen LogP contribution in [0.2, 0.25) is 0 Å². The molecule has 0 aliphatic heterocycles. The lowest BCUT2D eigenvalue weighted by atomic mass is 10.2. The minimum atomic E-state index is -0.445. The van der Waals surface area contributed by atoms with Crippen LogP contribution < -0.4 is 10.1 Å². The molecule has 0 saturated carbocycles. The van der Waals surface area contributed by atoms with E-state index in [1.807, 2.05) is 0 Å². The number of aromatic nitrogens is 1. The molecule has 0 spiro atoms. The lowest BCUT2D eigenvalue weighted by Gasteiger charge is -2.10. The second kappa shape index (κ2) is 6.08. The van der Waals surface area contributed by atoms with E-state index in [0.29, 0.717) is 22.3 Å². The van der Waals surface area contributed by atoms with Crippen molar-refractivity contribution in [1.82, 2.24) is 10.3 Å². The molecule has 0 bridgehead atoms. The van der Waals surface area contributed by atoms with Gasteiger partial charge >= 0.3 is 0 Å². The van der Waals surface area contributed by atoms with Crippen LogP contribution in [0.1, 0.15) is 5.56 Å². The third-order valence-corrected chi connectivity index (χ3v) is 3.01. The van der Waals surface area contributed by atoms with Gasteiger partial charge in [0, 0.05) is 18.2 Å². The van der Waals surface area contributed by atoms with Crippen LogP contribution in [0.4, 0.5) is 8.78 Å². The van der Waals surface area contributed by atoms with Gasteiger partial charge in [-0.3, -0.25) is 0 Å². The van der Waals surface area contributed by atoms with E-state index in [1.165, 1.54) is 18.2 Å². The molecule has 6 heteroatoms. The summed E-state index contributed by atoms with van der Waals surface area (Å²) in [5, 5.41) is 2.89. The third-order valence-electron chi connectivity index (χ3n) is 2.36. The summed E-state index contributed by atoms with van der Waals surface area (Å²) in [6.07, 6.45) is 1.06. The fourth-order valence-electron chi connectivity index (χ4n) is 1.53. The molecule has 0 aliphatic rings. The van der Waals surface area contributed by atoms with Crippen molar-refractivity contribution in [1.29, 1.82) is 0 Å². The fraction of sp³-hybridized carbons (Fsp3) is 0.154. The summed E-state index contributed by atoms with van der Waals surface area (Å²) >= 11 is 3.06. The third kappa shape index (κ3) is 3.48. The standard InChI is InChI=1S/C13H11BrF2N2O/c1-17-6-8-4-9(15)7-18-13(8)19-10-2-3-11(14)12(16)5-10/h2-5,7,17H,6H2,1H3. The van der Waals surface area contributed by atoms with Crippen LogP contribution in [-0.4, -0.2) is 12.0 Å². The lowest BCUT2D eigenvalue weighted by molar-refractivity contribution is 0.445. The molecule has 0 unspecified atom stereocenters. The Labute approximate surface area is 117 Å². The zero-order chi connectivity index (χ0) is 13.8. The molecular weight excluding hydrogens is 318 g/mol. The number of halogens is 3. The molecule has 0 radical (unpaired) electrons. The first-order chi connectivity index (χ1) is 9.10. The van der Waals surface area contributed by atoms with E-state index in [9.17, 15) is 8.78 Å². The van der Waals surface area contributed by atoms with Gasteiger partial charge in [-0.25, -0.2) is 13.8 Å². The van der Waals surface area contributed by atoms with Gasteiger partial charge in [0.2, 0.25) is 5.88 Å². The highest BCUT2D eigenvalue weighted by Crippen LogP contribution is 2.26. The van der Waals surface area contributed by atoms with E-state index in [4.69, 9.17) is 4.74 Å². The number of ether oxygens (including phenoxy) is 1. The Balaban J connectivity index is 2.29. The molecule has 1 heterocycles. The SMILES string of the molecule is CNCc1cc(F)cnc1Oc1ccc(Br)c(F)c1. The van der Waals surface area contributed by atoms with Crippen molar-refractivity contribution in [3.8, 4) is 11.6 Å². The van der Waals surface area contributed by atoms with Crippen LogP contribution in [0.5, 0.6) is 11.6 Å². The maximum atomic E-state index is 13.4. The molecule has 1 N–H and O–H groups in total. The Morgan fingerprint density at radius 1 is 1.32 bits per heavy atom. The van der Waals surface area contributed by atoms with Gasteiger partial charge in [0.05, 0.1) is 10.7 Å². The highest BCUT2D eigenvalue weighted by molar-refractivity contribution is 9.10. The van der Waals surface area contributed by atoms with Gasteiger partial charge in [0.15, 0.2) is 0 Å². The van der Waals surface area contributed by atoms with Crippen molar-refractivity contribution in [3.63, 3.8) is 0 Å². The molecule has 0 saturated heterocycles. The van der Waals surface area contributed by atoms with Gasteiger partial charge in [0.25, 0.3) is 0 Å². The van der Waals surface area contributed by atoms with Gasteiger partial charge in [-0.1, -0.05) is 0 Å². The molecule has 0 fully saturated rings. The predicted molar refractivity (Wildman–Crippen MR) is 71.1 cm³/mol. The molecule has 0 aliphatic carbocycles. The molecule has 2 aromatic rings. The van der Waals surface area contributed by atoms with E-state index in [-0.39, 0.29) is 5.88 Å². The highest BCUT2D eigenvalue weighted by atomic mass is 79.9. The largest absolute Gasteiger partial charge is 0.439 e. The number of hydrogen-bond acceptors (Lipinski definition) is 3. The van der Waals surface area contributed by atoms with E-state index < -0.39 is 11.6 Å². The maximum Gasteiger partial charge on any atom is 0.223 e. The number of rotatable bonds is 4. The van der Waals surface area contributed by atoms with Crippen LogP contribution in [0.15, 0.2) is 34.9 Å². The molecular formula is C13H11BrF2N2O. The summed E-state index contributed by atoms with van der Waals surface area (Å²) < 4.78 is 32.3. The predicted octanol–water partition coefficient (Wildman–Crippen LogP) is 3.63. The minimum absolute atomic E-state index is 0.248. The second-order valence-electron chi connectivity index (χ2n) is 3.83. The van der Waals surface area contributed by atoms with Gasteiger partial charge in [-0.05, 0) is 41.2 Å². The monoisotopic (exact) mass is 328 g/mol. The quantitative estimate of drug-likeness (QED) is 0.930. The normalized spacial score (nSPS) is 10.5. The van der Waals surface area contributed by atoms with Crippen molar-refractivity contribution in [2.45, 2.75) is 6.54 Å². The number of hydrogen-bond donors (Lipinski definition) is 1. The van der Waals surface area contributed by atoms with Gasteiger partial charge in [-0.15, -0.1) is 0 Å². The zero-order valence-electron chi connectivity index (χ0n) is 10.1. The van der Waals surface area contributed by atoms with E-state index >= 15 is 0 Å². The smallest absolute Gasteiger partial charge is 0.223 e. The Hall–Kier alpha value is -1.53. The van der Waals surface area contributed by atoms with E-state index in [1.54, 1.807) is 13.1 Å². The van der Waals surface area contributed by atoms with Crippen LogP contribution in [-0.2, 0) is 6.54 Å². The first-order valence-electron chi connectivity index (χ1n) is 5.52. The summed E-state index contributed by atoms with van der Waals surface area (Å²) in [6, 6.07) is 5.69. The maximum absolute atomic E-state index is 13.4. The van der Waals surface area contributed by atoms with Crippen molar-refractivity contribution in [2.24, 2.45) is 0 Å². The Kier molecular flexibility index (Phi) is 4.44. The molecule has 0 atom stereocenters. The Morgan fingerprint density at radius 2 is 2.11 bits per heavy atom. The summed E-state index contributed by atoms with van der Waals surface area (Å²) in [6.45, 7) is 0.402. The average molecular weight is 329 g/mol. The van der Waals surface area contributed by atoms with E-state index in [0.717, 1.165) is 6.20 Å². The first-order valence-corrected chi connectivity index (χ1v) is 6.31. The molecule has 1 aromatic heterocycles. The highest BCUT2D eigenvalue weighted by Gasteiger charge is 2.09. The second-order valence-corrected chi connectivity index (χ2v) is 4.68. The van der Waals surface area contributed by atoms with Crippen molar-refractivity contribution >= 4 is 15.9 Å². The van der Waals surface area contributed by atoms with Gasteiger partial charge in [-0.2, -0.15) is 0 Å². The summed E-state index contributed by atoms with van der Waals surface area (Å²) in [5.74, 6) is -0.330. The molecule has 2 rings (SSSR count). The van der Waals surface area contributed by atoms with Crippen LogP contribution in [0.25, 0.3) is 0 Å². The summed E-state index contributed by atoms with van der Waals surface area (Å²) in [7, 11) is 1.73. The topological polar surface area (TPSA) is 34.2 Å². The minimum Gasteiger partial charge on any atom is -0.439 e. The molecule has 1 aromatic carbocycles. The Bertz CT molecular complexity index is 593. The summed E-state index contributed by atoms with van der Waals surface area (Å²) in [4.78, 5) is 3.87. The number of pyridine rings is 1. The van der Waals surface area contributed by atoms with Gasteiger partial charge in [0.1, 0.15) is 17.4 Å². The fourth-order valence-corrected chi connectivity index (χ4v) is 1.78. The molecule has 3 nitrogen and oxygen atoms in total. The molecule has 0 amide bonds. The van der Waals surface area contributed by atoms with Crippen LogP contribution in [0.3, 0.4) is 0 Å². The van der Waals surface area contributed by atoms with Crippen LogP contribution >= 0.6 is 15.9 Å².